The number of aromatic hydroxyl groups is 1. The Kier molecular flexibility index (Phi) is 6.44. The molecule has 0 saturated carbocycles. The highest BCUT2D eigenvalue weighted by molar-refractivity contribution is 7.80. The van der Waals surface area contributed by atoms with Crippen molar-refractivity contribution in [3.63, 3.8) is 0 Å². The summed E-state index contributed by atoms with van der Waals surface area (Å²) in [5, 5.41) is 17.5. The van der Waals surface area contributed by atoms with Crippen molar-refractivity contribution >= 4 is 23.0 Å². The number of rotatable bonds is 8. The van der Waals surface area contributed by atoms with Gasteiger partial charge in [0, 0.05) is 42.6 Å². The van der Waals surface area contributed by atoms with E-state index in [4.69, 9.17) is 12.2 Å². The highest BCUT2D eigenvalue weighted by Crippen LogP contribution is 2.39. The fraction of sp³-hybridized carbons (Fsp3) is 0.185. The number of nitrogens with zero attached hydrogens (tertiary/aromatic N) is 3. The first-order valence-corrected chi connectivity index (χ1v) is 11.9. The van der Waals surface area contributed by atoms with Crippen molar-refractivity contribution in [1.82, 2.24) is 19.8 Å². The molecule has 0 aliphatic carbocycles. The molecule has 0 amide bonds. The van der Waals surface area contributed by atoms with Crippen LogP contribution in [0, 0.1) is 0 Å². The highest BCUT2D eigenvalue weighted by Gasteiger charge is 2.40. The van der Waals surface area contributed by atoms with E-state index in [0.717, 1.165) is 47.4 Å². The Morgan fingerprint density at radius 2 is 1.74 bits per heavy atom. The van der Waals surface area contributed by atoms with Gasteiger partial charge in [0.25, 0.3) is 0 Å². The Balaban J connectivity index is 1.42. The van der Waals surface area contributed by atoms with E-state index < -0.39 is 0 Å². The van der Waals surface area contributed by atoms with Crippen LogP contribution in [0.25, 0.3) is 5.69 Å². The normalized spacial score (nSPS) is 17.5. The minimum absolute atomic E-state index is 0.0251. The molecule has 3 heterocycles. The van der Waals surface area contributed by atoms with Crippen LogP contribution >= 0.6 is 12.2 Å². The second-order valence-corrected chi connectivity index (χ2v) is 8.67. The van der Waals surface area contributed by atoms with Crippen molar-refractivity contribution in [1.29, 1.82) is 0 Å². The van der Waals surface area contributed by atoms with Gasteiger partial charge in [0.15, 0.2) is 5.11 Å². The monoisotopic (exact) mass is 469 g/mol. The summed E-state index contributed by atoms with van der Waals surface area (Å²) >= 11 is 5.81. The van der Waals surface area contributed by atoms with E-state index in [0.29, 0.717) is 0 Å². The Labute approximate surface area is 204 Å². The highest BCUT2D eigenvalue weighted by atomic mass is 32.1. The van der Waals surface area contributed by atoms with Crippen molar-refractivity contribution in [3.8, 4) is 11.4 Å². The first-order valence-electron chi connectivity index (χ1n) is 11.4. The molecule has 34 heavy (non-hydrogen) atoms. The van der Waals surface area contributed by atoms with Crippen LogP contribution in [0.4, 0.5) is 5.69 Å². The largest absolute Gasteiger partial charge is 0.508 e. The SMILES string of the molecule is Oc1ccc(-n2cccc2[C@H]2[C@@H](c3ccccn3)NC(=S)N2CCCNc2ccccc2)cc1. The van der Waals surface area contributed by atoms with E-state index in [1.54, 1.807) is 12.1 Å². The quantitative estimate of drug-likeness (QED) is 0.248. The summed E-state index contributed by atoms with van der Waals surface area (Å²) in [6, 6.07) is 27.6. The average molecular weight is 470 g/mol. The molecule has 3 N–H and O–H groups in total. The van der Waals surface area contributed by atoms with Gasteiger partial charge in [0.2, 0.25) is 0 Å². The summed E-state index contributed by atoms with van der Waals surface area (Å²) in [4.78, 5) is 6.91. The van der Waals surface area contributed by atoms with Gasteiger partial charge in [-0.05, 0) is 79.3 Å². The van der Waals surface area contributed by atoms with Crippen LogP contribution in [0.3, 0.4) is 0 Å². The Morgan fingerprint density at radius 3 is 2.50 bits per heavy atom. The number of benzene rings is 2. The van der Waals surface area contributed by atoms with E-state index in [1.165, 1.54) is 0 Å². The molecule has 0 spiro atoms. The number of thiocarbonyl (C=S) groups is 1. The topological polar surface area (TPSA) is 65.3 Å². The zero-order chi connectivity index (χ0) is 23.3. The van der Waals surface area contributed by atoms with Crippen LogP contribution < -0.4 is 10.6 Å². The first kappa shape index (κ1) is 22.0. The van der Waals surface area contributed by atoms with E-state index in [9.17, 15) is 5.11 Å². The number of hydrogen-bond acceptors (Lipinski definition) is 4. The van der Waals surface area contributed by atoms with Crippen molar-refractivity contribution in [2.24, 2.45) is 0 Å². The number of nitrogens with one attached hydrogen (secondary N) is 2. The first-order chi connectivity index (χ1) is 16.7. The molecule has 0 unspecified atom stereocenters. The van der Waals surface area contributed by atoms with Crippen molar-refractivity contribution < 1.29 is 5.11 Å². The lowest BCUT2D eigenvalue weighted by molar-refractivity contribution is 0.307. The number of pyridine rings is 1. The van der Waals surface area contributed by atoms with Crippen molar-refractivity contribution in [2.75, 3.05) is 18.4 Å². The number of phenols is 1. The van der Waals surface area contributed by atoms with Gasteiger partial charge in [0.05, 0.1) is 17.8 Å². The molecule has 2 atom stereocenters. The van der Waals surface area contributed by atoms with Crippen LogP contribution in [0.2, 0.25) is 0 Å². The number of phenolic OH excluding ortho intramolecular Hbond substituents is 1. The van der Waals surface area contributed by atoms with Gasteiger partial charge >= 0.3 is 0 Å². The van der Waals surface area contributed by atoms with E-state index in [1.807, 2.05) is 67.0 Å². The van der Waals surface area contributed by atoms with E-state index >= 15 is 0 Å². The predicted octanol–water partition coefficient (Wildman–Crippen LogP) is 5.05. The number of anilines is 1. The molecule has 172 valence electrons. The molecule has 7 heteroatoms. The molecule has 2 aromatic heterocycles. The van der Waals surface area contributed by atoms with Crippen molar-refractivity contribution in [2.45, 2.75) is 18.5 Å². The third-order valence-electron chi connectivity index (χ3n) is 6.09. The lowest BCUT2D eigenvalue weighted by atomic mass is 10.0. The standard InChI is InChI=1S/C27H27N5OS/c33-22-14-12-21(13-15-22)31-18-6-11-24(31)26-25(23-10-4-5-16-29-23)30-27(34)32(26)19-7-17-28-20-8-2-1-3-9-20/h1-6,8-16,18,25-26,28,33H,7,17,19H2,(H,30,34)/t25-,26+/m1/s1. The number of aromatic nitrogens is 2. The maximum Gasteiger partial charge on any atom is 0.170 e. The maximum absolute atomic E-state index is 9.75. The van der Waals surface area contributed by atoms with Gasteiger partial charge in [-0.25, -0.2) is 0 Å². The Morgan fingerprint density at radius 1 is 0.941 bits per heavy atom. The molecule has 0 bridgehead atoms. The summed E-state index contributed by atoms with van der Waals surface area (Å²) in [5.74, 6) is 0.250. The van der Waals surface area contributed by atoms with Crippen LogP contribution in [-0.2, 0) is 0 Å². The molecule has 4 aromatic rings. The smallest absolute Gasteiger partial charge is 0.170 e. The minimum atomic E-state index is -0.0680. The number of para-hydroxylation sites is 1. The molecule has 1 fully saturated rings. The molecular weight excluding hydrogens is 442 g/mol. The zero-order valence-corrected chi connectivity index (χ0v) is 19.5. The molecule has 1 saturated heterocycles. The lowest BCUT2D eigenvalue weighted by Gasteiger charge is -2.29. The molecule has 2 aromatic carbocycles. The van der Waals surface area contributed by atoms with Gasteiger partial charge < -0.3 is 25.2 Å². The van der Waals surface area contributed by atoms with Crippen LogP contribution in [0.5, 0.6) is 5.75 Å². The molecule has 6 nitrogen and oxygen atoms in total. The van der Waals surface area contributed by atoms with Gasteiger partial charge in [-0.3, -0.25) is 4.98 Å². The third kappa shape index (κ3) is 4.61. The fourth-order valence-corrected chi connectivity index (χ4v) is 4.82. The number of hydrogen-bond donors (Lipinski definition) is 3. The van der Waals surface area contributed by atoms with E-state index in [2.05, 4.69) is 43.3 Å². The summed E-state index contributed by atoms with van der Waals surface area (Å²) in [5.41, 5.74) is 4.18. The van der Waals surface area contributed by atoms with Crippen LogP contribution in [0.1, 0.15) is 29.9 Å². The van der Waals surface area contributed by atoms with Crippen LogP contribution in [-0.4, -0.2) is 37.8 Å². The van der Waals surface area contributed by atoms with E-state index in [-0.39, 0.29) is 17.8 Å². The predicted molar refractivity (Wildman–Crippen MR) is 139 cm³/mol. The molecule has 1 aliphatic rings. The zero-order valence-electron chi connectivity index (χ0n) is 18.7. The summed E-state index contributed by atoms with van der Waals surface area (Å²) < 4.78 is 2.16. The minimum Gasteiger partial charge on any atom is -0.508 e. The molecular formula is C27H27N5OS. The van der Waals surface area contributed by atoms with Crippen LogP contribution in [0.15, 0.2) is 97.3 Å². The second kappa shape index (κ2) is 9.97. The molecule has 1 aliphatic heterocycles. The maximum atomic E-state index is 9.75. The molecule has 5 rings (SSSR count). The van der Waals surface area contributed by atoms with Gasteiger partial charge in [0.1, 0.15) is 5.75 Å². The Hall–Kier alpha value is -3.84. The van der Waals surface area contributed by atoms with Gasteiger partial charge in [-0.15, -0.1) is 0 Å². The van der Waals surface area contributed by atoms with Gasteiger partial charge in [-0.1, -0.05) is 24.3 Å². The summed E-state index contributed by atoms with van der Waals surface area (Å²) in [6.45, 7) is 1.66. The second-order valence-electron chi connectivity index (χ2n) is 8.29. The lowest BCUT2D eigenvalue weighted by Crippen LogP contribution is -2.32. The molecule has 0 radical (unpaired) electrons. The average Bonchev–Trinajstić information content (AvgIpc) is 3.48. The fourth-order valence-electron chi connectivity index (χ4n) is 4.49. The van der Waals surface area contributed by atoms with Crippen molar-refractivity contribution in [3.05, 3.63) is 109 Å². The third-order valence-corrected chi connectivity index (χ3v) is 6.44. The Bertz CT molecular complexity index is 1230. The summed E-state index contributed by atoms with van der Waals surface area (Å²) in [7, 11) is 0. The summed E-state index contributed by atoms with van der Waals surface area (Å²) in [6.07, 6.45) is 4.80. The van der Waals surface area contributed by atoms with Gasteiger partial charge in [-0.2, -0.15) is 0 Å².